The highest BCUT2D eigenvalue weighted by molar-refractivity contribution is 5.99. The van der Waals surface area contributed by atoms with Gasteiger partial charge >= 0.3 is 5.97 Å². The molecule has 2 heterocycles. The number of carbonyl (C=O) groups is 2. The van der Waals surface area contributed by atoms with Gasteiger partial charge in [0.25, 0.3) is 0 Å². The quantitative estimate of drug-likeness (QED) is 0.796. The van der Waals surface area contributed by atoms with Crippen molar-refractivity contribution in [2.45, 2.75) is 41.0 Å². The van der Waals surface area contributed by atoms with Crippen LogP contribution in [0, 0.1) is 39.5 Å². The number of carbonyl (C=O) groups excluding carboxylic acids is 1. The number of benzene rings is 1. The number of hydrogen-bond donors (Lipinski definition) is 1. The first-order valence-electron chi connectivity index (χ1n) is 9.92. The van der Waals surface area contributed by atoms with E-state index in [9.17, 15) is 14.7 Å². The molecule has 1 aromatic carbocycles. The highest BCUT2D eigenvalue weighted by Crippen LogP contribution is 2.25. The fraction of sp³-hybridized carbons (Fsp3) is 0.478. The van der Waals surface area contributed by atoms with Gasteiger partial charge < -0.3 is 9.67 Å². The molecule has 1 N–H and O–H groups in total. The Morgan fingerprint density at radius 3 is 2.43 bits per heavy atom. The number of rotatable bonds is 5. The molecule has 1 aliphatic heterocycles. The Kier molecular flexibility index (Phi) is 5.75. The third-order valence-corrected chi connectivity index (χ3v) is 5.93. The maximum Gasteiger partial charge on any atom is 0.307 e. The maximum atomic E-state index is 13.0. The number of nitrogens with zero attached hydrogens (tertiary/aromatic N) is 2. The van der Waals surface area contributed by atoms with Crippen LogP contribution in [0.4, 0.5) is 0 Å². The summed E-state index contributed by atoms with van der Waals surface area (Å²) in [4.78, 5) is 26.4. The number of aryl methyl sites for hydroxylation is 3. The van der Waals surface area contributed by atoms with Crippen LogP contribution in [0.1, 0.15) is 46.2 Å². The van der Waals surface area contributed by atoms with Crippen LogP contribution in [0.2, 0.25) is 0 Å². The average Bonchev–Trinajstić information content (AvgIpc) is 2.91. The summed E-state index contributed by atoms with van der Waals surface area (Å²) in [6.45, 7) is 11.7. The minimum atomic E-state index is -0.767. The largest absolute Gasteiger partial charge is 0.481 e. The summed E-state index contributed by atoms with van der Waals surface area (Å²) in [6, 6.07) is 8.29. The molecule has 1 aliphatic rings. The molecule has 0 saturated carbocycles. The minimum absolute atomic E-state index is 0.0569. The number of likely N-dealkylation sites (tertiary alicyclic amines) is 1. The SMILES string of the molecule is Cc1ccc(-n2c(C)cc(C(=O)CN3CC(C)CC(C(=O)O)C3)c2C)cc1C. The number of carboxylic acid groups (broad SMARTS) is 1. The van der Waals surface area contributed by atoms with E-state index in [0.717, 1.165) is 29.2 Å². The van der Waals surface area contributed by atoms with E-state index in [1.807, 2.05) is 24.8 Å². The lowest BCUT2D eigenvalue weighted by atomic mass is 9.90. The van der Waals surface area contributed by atoms with E-state index >= 15 is 0 Å². The molecule has 5 nitrogen and oxygen atoms in total. The Bertz CT molecular complexity index is 913. The molecule has 5 heteroatoms. The van der Waals surface area contributed by atoms with Gasteiger partial charge in [-0.05, 0) is 69.4 Å². The van der Waals surface area contributed by atoms with Crippen molar-refractivity contribution in [3.8, 4) is 5.69 Å². The molecule has 0 bridgehead atoms. The van der Waals surface area contributed by atoms with Gasteiger partial charge in [-0.1, -0.05) is 13.0 Å². The van der Waals surface area contributed by atoms with Crippen LogP contribution in [-0.2, 0) is 4.79 Å². The van der Waals surface area contributed by atoms with Gasteiger partial charge in [0.1, 0.15) is 0 Å². The van der Waals surface area contributed by atoms with E-state index < -0.39 is 5.97 Å². The number of carboxylic acids is 1. The van der Waals surface area contributed by atoms with Gasteiger partial charge in [-0.2, -0.15) is 0 Å². The highest BCUT2D eigenvalue weighted by Gasteiger charge is 2.31. The number of piperidine rings is 1. The summed E-state index contributed by atoms with van der Waals surface area (Å²) in [7, 11) is 0. The van der Waals surface area contributed by atoms with Crippen molar-refractivity contribution >= 4 is 11.8 Å². The van der Waals surface area contributed by atoms with Crippen LogP contribution in [0.3, 0.4) is 0 Å². The molecule has 0 aliphatic carbocycles. The maximum absolute atomic E-state index is 13.0. The Labute approximate surface area is 167 Å². The molecule has 1 aromatic heterocycles. The van der Waals surface area contributed by atoms with Crippen molar-refractivity contribution in [3.63, 3.8) is 0 Å². The van der Waals surface area contributed by atoms with Crippen LogP contribution in [0.25, 0.3) is 5.69 Å². The molecule has 2 unspecified atom stereocenters. The molecule has 0 radical (unpaired) electrons. The van der Waals surface area contributed by atoms with Gasteiger partial charge in [0.05, 0.1) is 12.5 Å². The van der Waals surface area contributed by atoms with E-state index in [0.29, 0.717) is 13.0 Å². The van der Waals surface area contributed by atoms with Crippen molar-refractivity contribution < 1.29 is 14.7 Å². The zero-order valence-electron chi connectivity index (χ0n) is 17.5. The lowest BCUT2D eigenvalue weighted by Gasteiger charge is -2.34. The van der Waals surface area contributed by atoms with Gasteiger partial charge in [0.2, 0.25) is 0 Å². The fourth-order valence-electron chi connectivity index (χ4n) is 4.37. The number of ketones is 1. The van der Waals surface area contributed by atoms with Gasteiger partial charge in [-0.3, -0.25) is 14.5 Å². The molecule has 2 aromatic rings. The zero-order chi connectivity index (χ0) is 20.6. The van der Waals surface area contributed by atoms with Crippen molar-refractivity contribution in [1.29, 1.82) is 0 Å². The predicted octanol–water partition coefficient (Wildman–Crippen LogP) is 3.94. The Balaban J connectivity index is 1.83. The second kappa shape index (κ2) is 7.92. The van der Waals surface area contributed by atoms with E-state index in [1.165, 1.54) is 11.1 Å². The Morgan fingerprint density at radius 2 is 1.79 bits per heavy atom. The van der Waals surface area contributed by atoms with Gasteiger partial charge in [-0.25, -0.2) is 0 Å². The summed E-state index contributed by atoms with van der Waals surface area (Å²) in [5.41, 5.74) is 6.22. The van der Waals surface area contributed by atoms with Gasteiger partial charge in [-0.15, -0.1) is 0 Å². The molecule has 0 amide bonds. The minimum Gasteiger partial charge on any atom is -0.481 e. The molecule has 1 saturated heterocycles. The lowest BCUT2D eigenvalue weighted by Crippen LogP contribution is -2.44. The van der Waals surface area contributed by atoms with E-state index in [1.54, 1.807) is 0 Å². The first kappa shape index (κ1) is 20.3. The zero-order valence-corrected chi connectivity index (χ0v) is 17.5. The third-order valence-electron chi connectivity index (χ3n) is 5.93. The fourth-order valence-corrected chi connectivity index (χ4v) is 4.37. The number of aliphatic carboxylic acids is 1. The molecule has 3 rings (SSSR count). The number of hydrogen-bond acceptors (Lipinski definition) is 3. The van der Waals surface area contributed by atoms with Crippen molar-refractivity contribution in [2.75, 3.05) is 19.6 Å². The predicted molar refractivity (Wildman–Crippen MR) is 110 cm³/mol. The number of Topliss-reactive ketones (excluding diaryl/α,β-unsaturated/α-hetero) is 1. The Hall–Kier alpha value is -2.40. The smallest absolute Gasteiger partial charge is 0.307 e. The van der Waals surface area contributed by atoms with Crippen LogP contribution in [0.15, 0.2) is 24.3 Å². The van der Waals surface area contributed by atoms with E-state index in [4.69, 9.17) is 0 Å². The highest BCUT2D eigenvalue weighted by atomic mass is 16.4. The Morgan fingerprint density at radius 1 is 1.07 bits per heavy atom. The second-order valence-electron chi connectivity index (χ2n) is 8.38. The first-order chi connectivity index (χ1) is 13.2. The van der Waals surface area contributed by atoms with Crippen LogP contribution in [0.5, 0.6) is 0 Å². The van der Waals surface area contributed by atoms with Crippen LogP contribution >= 0.6 is 0 Å². The lowest BCUT2D eigenvalue weighted by molar-refractivity contribution is -0.144. The van der Waals surface area contributed by atoms with Crippen molar-refractivity contribution in [3.05, 3.63) is 52.3 Å². The summed E-state index contributed by atoms with van der Waals surface area (Å²) >= 11 is 0. The standard InChI is InChI=1S/C23H30N2O3/c1-14-8-19(23(27)28)12-24(11-14)13-22(26)21-10-17(4)25(18(21)5)20-7-6-15(2)16(3)9-20/h6-7,9-10,14,19H,8,11-13H2,1-5H3,(H,27,28). The van der Waals surface area contributed by atoms with Crippen LogP contribution < -0.4 is 0 Å². The summed E-state index contributed by atoms with van der Waals surface area (Å²) in [5, 5.41) is 9.36. The van der Waals surface area contributed by atoms with Crippen LogP contribution in [-0.4, -0.2) is 46.0 Å². The summed E-state index contributed by atoms with van der Waals surface area (Å²) in [6.07, 6.45) is 0.682. The average molecular weight is 383 g/mol. The summed E-state index contributed by atoms with van der Waals surface area (Å²) < 4.78 is 2.12. The normalized spacial score (nSPS) is 20.3. The molecule has 1 fully saturated rings. The molecule has 2 atom stereocenters. The molecular weight excluding hydrogens is 352 g/mol. The third kappa shape index (κ3) is 4.04. The topological polar surface area (TPSA) is 62.5 Å². The monoisotopic (exact) mass is 382 g/mol. The van der Waals surface area contributed by atoms with Gasteiger partial charge in [0, 0.05) is 35.7 Å². The summed E-state index contributed by atoms with van der Waals surface area (Å²) in [5.74, 6) is -0.816. The molecular formula is C23H30N2O3. The van der Waals surface area contributed by atoms with E-state index in [2.05, 4.69) is 43.5 Å². The molecule has 150 valence electrons. The van der Waals surface area contributed by atoms with Crippen molar-refractivity contribution in [2.24, 2.45) is 11.8 Å². The molecule has 28 heavy (non-hydrogen) atoms. The second-order valence-corrected chi connectivity index (χ2v) is 8.38. The molecule has 0 spiro atoms. The van der Waals surface area contributed by atoms with Gasteiger partial charge in [0.15, 0.2) is 5.78 Å². The van der Waals surface area contributed by atoms with Crippen molar-refractivity contribution in [1.82, 2.24) is 9.47 Å². The van der Waals surface area contributed by atoms with E-state index in [-0.39, 0.29) is 24.2 Å². The first-order valence-corrected chi connectivity index (χ1v) is 9.92. The number of aromatic nitrogens is 1.